The van der Waals surface area contributed by atoms with Crippen molar-refractivity contribution in [2.24, 2.45) is 11.3 Å². The van der Waals surface area contributed by atoms with E-state index < -0.39 is 21.5 Å². The van der Waals surface area contributed by atoms with Crippen molar-refractivity contribution in [3.05, 3.63) is 36.4 Å². The lowest BCUT2D eigenvalue weighted by molar-refractivity contribution is -0.128. The van der Waals surface area contributed by atoms with Crippen LogP contribution in [0.25, 0.3) is 21.9 Å². The minimum Gasteiger partial charge on any atom is -0.456 e. The van der Waals surface area contributed by atoms with Crippen LogP contribution in [-0.2, 0) is 14.8 Å². The monoisotopic (exact) mass is 402 g/mol. The summed E-state index contributed by atoms with van der Waals surface area (Å²) in [4.78, 5) is 12.8. The largest absolute Gasteiger partial charge is 0.456 e. The molecule has 0 aliphatic heterocycles. The predicted octanol–water partition coefficient (Wildman–Crippen LogP) is 4.09. The van der Waals surface area contributed by atoms with Crippen LogP contribution in [0.5, 0.6) is 0 Å². The van der Waals surface area contributed by atoms with Crippen molar-refractivity contribution in [3.8, 4) is 0 Å². The third-order valence-corrected chi connectivity index (χ3v) is 6.19. The maximum absolute atomic E-state index is 13.0. The van der Waals surface area contributed by atoms with Crippen LogP contribution in [0, 0.1) is 11.3 Å². The van der Waals surface area contributed by atoms with Gasteiger partial charge in [0, 0.05) is 27.9 Å². The molecule has 1 heterocycles. The van der Waals surface area contributed by atoms with Gasteiger partial charge in [0.25, 0.3) is 0 Å². The first-order valence-corrected chi connectivity index (χ1v) is 10.7. The molecule has 0 aliphatic carbocycles. The molecule has 0 amide bonds. The van der Waals surface area contributed by atoms with Gasteiger partial charge in [-0.2, -0.15) is 0 Å². The zero-order chi connectivity index (χ0) is 20.9. The SMILES string of the molecule is CC(C)[C@H](NS(=O)(=O)c1ccc2c(c1)oc1ccc(N)cc12)C(=O)C(C)(C)C. The van der Waals surface area contributed by atoms with Gasteiger partial charge in [-0.3, -0.25) is 4.79 Å². The Morgan fingerprint density at radius 3 is 2.32 bits per heavy atom. The van der Waals surface area contributed by atoms with Crippen molar-refractivity contribution in [1.29, 1.82) is 0 Å². The van der Waals surface area contributed by atoms with Crippen LogP contribution in [0.15, 0.2) is 45.7 Å². The van der Waals surface area contributed by atoms with Crippen LogP contribution in [0.2, 0.25) is 0 Å². The highest BCUT2D eigenvalue weighted by Crippen LogP contribution is 2.32. The second-order valence-electron chi connectivity index (χ2n) is 8.47. The van der Waals surface area contributed by atoms with E-state index in [1.807, 2.05) is 13.8 Å². The molecule has 150 valence electrons. The molecule has 0 bridgehead atoms. The van der Waals surface area contributed by atoms with E-state index in [1.165, 1.54) is 12.1 Å². The fourth-order valence-electron chi connectivity index (χ4n) is 3.14. The molecule has 7 heteroatoms. The van der Waals surface area contributed by atoms with Crippen LogP contribution < -0.4 is 10.5 Å². The number of rotatable bonds is 5. The number of ketones is 1. The lowest BCUT2D eigenvalue weighted by Crippen LogP contribution is -2.48. The Balaban J connectivity index is 2.02. The van der Waals surface area contributed by atoms with E-state index in [1.54, 1.807) is 45.0 Å². The first kappa shape index (κ1) is 20.4. The second-order valence-corrected chi connectivity index (χ2v) is 10.2. The Hall–Kier alpha value is -2.38. The summed E-state index contributed by atoms with van der Waals surface area (Å²) in [5.41, 5.74) is 6.88. The summed E-state index contributed by atoms with van der Waals surface area (Å²) in [5, 5.41) is 1.61. The molecule has 3 rings (SSSR count). The molecule has 3 aromatic rings. The number of furan rings is 1. The molecule has 6 nitrogen and oxygen atoms in total. The summed E-state index contributed by atoms with van der Waals surface area (Å²) in [6.45, 7) is 8.99. The first-order chi connectivity index (χ1) is 12.9. The van der Waals surface area contributed by atoms with Crippen molar-refractivity contribution in [1.82, 2.24) is 4.72 Å². The van der Waals surface area contributed by atoms with Crippen molar-refractivity contribution in [2.75, 3.05) is 5.73 Å². The third-order valence-electron chi connectivity index (χ3n) is 4.75. The molecule has 0 spiro atoms. The Bertz CT molecular complexity index is 1150. The summed E-state index contributed by atoms with van der Waals surface area (Å²) in [6.07, 6.45) is 0. The normalized spacial score (nSPS) is 14.1. The van der Waals surface area contributed by atoms with E-state index in [0.717, 1.165) is 10.8 Å². The lowest BCUT2D eigenvalue weighted by Gasteiger charge is -2.27. The molecule has 3 N–H and O–H groups in total. The van der Waals surface area contributed by atoms with Gasteiger partial charge in [-0.1, -0.05) is 34.6 Å². The van der Waals surface area contributed by atoms with Gasteiger partial charge < -0.3 is 10.2 Å². The average Bonchev–Trinajstić information content (AvgIpc) is 2.95. The molecule has 0 saturated carbocycles. The zero-order valence-corrected chi connectivity index (χ0v) is 17.6. The molecule has 1 atom stereocenters. The number of hydrogen-bond donors (Lipinski definition) is 2. The molecule has 0 saturated heterocycles. The highest BCUT2D eigenvalue weighted by molar-refractivity contribution is 7.89. The van der Waals surface area contributed by atoms with Crippen LogP contribution in [0.1, 0.15) is 34.6 Å². The van der Waals surface area contributed by atoms with E-state index in [4.69, 9.17) is 10.2 Å². The number of hydrogen-bond acceptors (Lipinski definition) is 5. The highest BCUT2D eigenvalue weighted by Gasteiger charge is 2.35. The van der Waals surface area contributed by atoms with Crippen molar-refractivity contribution in [2.45, 2.75) is 45.6 Å². The van der Waals surface area contributed by atoms with Gasteiger partial charge in [-0.25, -0.2) is 13.1 Å². The van der Waals surface area contributed by atoms with E-state index in [2.05, 4.69) is 4.72 Å². The van der Waals surface area contributed by atoms with Gasteiger partial charge in [0.05, 0.1) is 10.9 Å². The Labute approximate surface area is 165 Å². The number of benzene rings is 2. The van der Waals surface area contributed by atoms with Crippen molar-refractivity contribution >= 4 is 43.4 Å². The van der Waals surface area contributed by atoms with Gasteiger partial charge in [0.2, 0.25) is 10.0 Å². The Morgan fingerprint density at radius 1 is 1.04 bits per heavy atom. The Morgan fingerprint density at radius 2 is 1.71 bits per heavy atom. The van der Waals surface area contributed by atoms with Crippen molar-refractivity contribution < 1.29 is 17.6 Å². The van der Waals surface area contributed by atoms with E-state index in [-0.39, 0.29) is 16.6 Å². The molecule has 0 unspecified atom stereocenters. The predicted molar refractivity (Wildman–Crippen MR) is 112 cm³/mol. The fraction of sp³-hybridized carbons (Fsp3) is 0.381. The van der Waals surface area contributed by atoms with E-state index in [0.29, 0.717) is 16.9 Å². The molecule has 1 aromatic heterocycles. The molecule has 0 fully saturated rings. The number of fused-ring (bicyclic) bond motifs is 3. The summed E-state index contributed by atoms with van der Waals surface area (Å²) < 4.78 is 34.3. The number of nitrogens with one attached hydrogen (secondary N) is 1. The summed E-state index contributed by atoms with van der Waals surface area (Å²) in [6, 6.07) is 9.17. The zero-order valence-electron chi connectivity index (χ0n) is 16.7. The molecule has 0 radical (unpaired) electrons. The van der Waals surface area contributed by atoms with Gasteiger partial charge in [0.15, 0.2) is 5.78 Å². The standard InChI is InChI=1S/C21H26N2O4S/c1-12(2)19(20(24)21(3,4)5)23-28(25,26)14-7-8-15-16-10-13(22)6-9-17(16)27-18(15)11-14/h6-12,19,23H,22H2,1-5H3/t19-/m0/s1. The number of nitrogens with two attached hydrogens (primary N) is 1. The summed E-state index contributed by atoms with van der Waals surface area (Å²) in [7, 11) is -3.90. The van der Waals surface area contributed by atoms with Crippen LogP contribution in [0.3, 0.4) is 0 Å². The highest BCUT2D eigenvalue weighted by atomic mass is 32.2. The van der Waals surface area contributed by atoms with Crippen LogP contribution in [-0.4, -0.2) is 20.2 Å². The maximum atomic E-state index is 13.0. The smallest absolute Gasteiger partial charge is 0.241 e. The topological polar surface area (TPSA) is 102 Å². The molecule has 0 aliphatic rings. The molecule has 2 aromatic carbocycles. The quantitative estimate of drug-likeness (QED) is 0.626. The molecular weight excluding hydrogens is 376 g/mol. The van der Waals surface area contributed by atoms with E-state index in [9.17, 15) is 13.2 Å². The minimum absolute atomic E-state index is 0.0550. The van der Waals surface area contributed by atoms with E-state index >= 15 is 0 Å². The van der Waals surface area contributed by atoms with Crippen LogP contribution in [0.4, 0.5) is 5.69 Å². The second kappa shape index (κ2) is 6.90. The average molecular weight is 403 g/mol. The Kier molecular flexibility index (Phi) is 5.02. The number of anilines is 1. The third kappa shape index (κ3) is 3.77. The van der Waals surface area contributed by atoms with Gasteiger partial charge in [-0.05, 0) is 36.2 Å². The van der Waals surface area contributed by atoms with Crippen molar-refractivity contribution in [3.63, 3.8) is 0 Å². The molecular formula is C21H26N2O4S. The fourth-order valence-corrected chi connectivity index (χ4v) is 4.50. The lowest BCUT2D eigenvalue weighted by atomic mass is 9.83. The summed E-state index contributed by atoms with van der Waals surface area (Å²) >= 11 is 0. The number of sulfonamides is 1. The number of Topliss-reactive ketones (excluding diaryl/α,β-unsaturated/α-hetero) is 1. The van der Waals surface area contributed by atoms with Gasteiger partial charge >= 0.3 is 0 Å². The summed E-state index contributed by atoms with van der Waals surface area (Å²) in [5.74, 6) is -0.328. The minimum atomic E-state index is -3.90. The van der Waals surface area contributed by atoms with Gasteiger partial charge in [-0.15, -0.1) is 0 Å². The number of nitrogen functional groups attached to an aromatic ring is 1. The maximum Gasteiger partial charge on any atom is 0.241 e. The van der Waals surface area contributed by atoms with Crippen LogP contribution >= 0.6 is 0 Å². The molecule has 28 heavy (non-hydrogen) atoms. The number of carbonyl (C=O) groups excluding carboxylic acids is 1. The number of carbonyl (C=O) groups is 1. The first-order valence-electron chi connectivity index (χ1n) is 9.18. The van der Waals surface area contributed by atoms with Gasteiger partial charge in [0.1, 0.15) is 11.2 Å².